The fourth-order valence-corrected chi connectivity index (χ4v) is 7.07. The molecular weight excluding hydrogens is 674 g/mol. The van der Waals surface area contributed by atoms with Crippen LogP contribution in [0.4, 0.5) is 22.7 Å². The second-order valence-corrected chi connectivity index (χ2v) is 13.5. The van der Waals surface area contributed by atoms with E-state index in [2.05, 4.69) is 10.6 Å². The van der Waals surface area contributed by atoms with Gasteiger partial charge >= 0.3 is 0 Å². The molecule has 2 unspecified atom stereocenters. The minimum atomic E-state index is -0.648. The topological polar surface area (TPSA) is 142 Å². The normalized spacial score (nSPS) is 15.5. The van der Waals surface area contributed by atoms with Crippen LogP contribution < -0.4 is 29.9 Å². The molecule has 0 fully saturated rings. The molecule has 2 heterocycles. The highest BCUT2D eigenvalue weighted by Gasteiger charge is 2.30. The van der Waals surface area contributed by atoms with E-state index in [-0.39, 0.29) is 30.3 Å². The number of carbonyl (C=O) groups excluding carboxylic acids is 3. The third-order valence-electron chi connectivity index (χ3n) is 9.90. The molecule has 0 aromatic heterocycles. The number of rotatable bonds is 15. The summed E-state index contributed by atoms with van der Waals surface area (Å²) in [4.78, 5) is 46.3. The van der Waals surface area contributed by atoms with Crippen molar-refractivity contribution < 1.29 is 33.7 Å². The van der Waals surface area contributed by atoms with Crippen LogP contribution in [0.25, 0.3) is 10.8 Å². The van der Waals surface area contributed by atoms with Gasteiger partial charge in [-0.05, 0) is 92.9 Å². The Balaban J connectivity index is 1.05. The van der Waals surface area contributed by atoms with Crippen LogP contribution in [0.3, 0.4) is 0 Å². The number of benzene rings is 4. The Hall–Kier alpha value is -5.46. The summed E-state index contributed by atoms with van der Waals surface area (Å²) in [6, 6.07) is 16.5. The van der Waals surface area contributed by atoms with Gasteiger partial charge in [-0.25, -0.2) is 0 Å². The maximum absolute atomic E-state index is 13.3. The fraction of sp³-hybridized carbons (Fsp3) is 0.366. The Morgan fingerprint density at radius 2 is 1.89 bits per heavy atom. The first-order valence-corrected chi connectivity index (χ1v) is 18.0. The lowest BCUT2D eigenvalue weighted by atomic mass is 9.97. The molecule has 2 atom stereocenters. The number of hydrogen-bond acceptors (Lipinski definition) is 9. The molecule has 12 nitrogen and oxygen atoms in total. The molecule has 3 amide bonds. The molecule has 53 heavy (non-hydrogen) atoms. The number of unbranched alkanes of at least 4 members (excludes halogenated alkanes) is 1. The van der Waals surface area contributed by atoms with Gasteiger partial charge in [-0.1, -0.05) is 24.3 Å². The number of amides is 3. The number of methoxy groups -OCH3 is 1. The van der Waals surface area contributed by atoms with E-state index in [0.29, 0.717) is 67.4 Å². The van der Waals surface area contributed by atoms with Gasteiger partial charge in [0.2, 0.25) is 12.3 Å². The van der Waals surface area contributed by atoms with Gasteiger partial charge in [0, 0.05) is 54.5 Å². The third-order valence-corrected chi connectivity index (χ3v) is 9.90. The molecule has 0 saturated carbocycles. The molecule has 4 aromatic rings. The van der Waals surface area contributed by atoms with Gasteiger partial charge in [-0.3, -0.25) is 24.7 Å². The van der Waals surface area contributed by atoms with E-state index in [0.717, 1.165) is 51.5 Å². The zero-order valence-electron chi connectivity index (χ0n) is 30.9. The second-order valence-electron chi connectivity index (χ2n) is 13.5. The summed E-state index contributed by atoms with van der Waals surface area (Å²) in [6.07, 6.45) is 4.89. The number of phenols is 1. The Labute approximate surface area is 309 Å². The van der Waals surface area contributed by atoms with Crippen molar-refractivity contribution in [2.45, 2.75) is 65.0 Å². The highest BCUT2D eigenvalue weighted by molar-refractivity contribution is 6.04. The Morgan fingerprint density at radius 1 is 1.06 bits per heavy atom. The largest absolute Gasteiger partial charge is 0.507 e. The van der Waals surface area contributed by atoms with Gasteiger partial charge in [-0.15, -0.1) is 0 Å². The van der Waals surface area contributed by atoms with Crippen LogP contribution in [-0.4, -0.2) is 75.7 Å². The van der Waals surface area contributed by atoms with E-state index in [9.17, 15) is 19.5 Å². The predicted octanol–water partition coefficient (Wildman–Crippen LogP) is 6.12. The SMILES string of the molecule is CNCOC(C)C(=O)Nc1ccc2c(c1)N(C=O)C(/C=N\c1cc(OCCCCC(=O)N3CCc4c3cc(O)c3cccc(C)c43)c(OC)cc1C)C2. The number of nitrogens with one attached hydrogen (secondary N) is 2. The van der Waals surface area contributed by atoms with Gasteiger partial charge in [0.1, 0.15) is 11.9 Å². The molecule has 6 rings (SSSR count). The third kappa shape index (κ3) is 7.98. The highest BCUT2D eigenvalue weighted by Crippen LogP contribution is 2.41. The summed E-state index contributed by atoms with van der Waals surface area (Å²) in [5, 5.41) is 18.3. The number of fused-ring (bicyclic) bond motifs is 4. The number of aromatic hydroxyl groups is 1. The summed E-state index contributed by atoms with van der Waals surface area (Å²) in [7, 11) is 3.32. The molecule has 4 aromatic carbocycles. The fourth-order valence-electron chi connectivity index (χ4n) is 7.07. The minimum absolute atomic E-state index is 0.0319. The van der Waals surface area contributed by atoms with Crippen LogP contribution in [-0.2, 0) is 32.0 Å². The Kier molecular flexibility index (Phi) is 11.6. The van der Waals surface area contributed by atoms with Crippen molar-refractivity contribution in [1.82, 2.24) is 5.32 Å². The molecule has 0 saturated heterocycles. The average Bonchev–Trinajstić information content (AvgIpc) is 3.74. The quantitative estimate of drug-likeness (QED) is 0.0577. The van der Waals surface area contributed by atoms with Crippen LogP contribution in [0.2, 0.25) is 0 Å². The van der Waals surface area contributed by atoms with Gasteiger partial charge in [0.05, 0.1) is 37.9 Å². The van der Waals surface area contributed by atoms with E-state index in [1.807, 2.05) is 56.3 Å². The number of anilines is 3. The molecule has 0 spiro atoms. The molecule has 3 N–H and O–H groups in total. The van der Waals surface area contributed by atoms with E-state index in [4.69, 9.17) is 19.2 Å². The summed E-state index contributed by atoms with van der Waals surface area (Å²) < 4.78 is 17.2. The summed E-state index contributed by atoms with van der Waals surface area (Å²) >= 11 is 0. The number of nitrogens with zero attached hydrogens (tertiary/aromatic N) is 3. The van der Waals surface area contributed by atoms with E-state index in [1.165, 1.54) is 0 Å². The number of carbonyl (C=O) groups is 3. The predicted molar refractivity (Wildman–Crippen MR) is 207 cm³/mol. The van der Waals surface area contributed by atoms with Crippen LogP contribution in [0.5, 0.6) is 17.2 Å². The van der Waals surface area contributed by atoms with Crippen molar-refractivity contribution in [3.8, 4) is 17.2 Å². The number of aryl methyl sites for hydroxylation is 2. The Morgan fingerprint density at radius 3 is 2.66 bits per heavy atom. The monoisotopic (exact) mass is 721 g/mol. The summed E-state index contributed by atoms with van der Waals surface area (Å²) in [5.74, 6) is 1.06. The maximum Gasteiger partial charge on any atom is 0.253 e. The molecular formula is C41H47N5O7. The molecule has 278 valence electrons. The lowest BCUT2D eigenvalue weighted by Gasteiger charge is -2.19. The van der Waals surface area contributed by atoms with Crippen LogP contribution >= 0.6 is 0 Å². The van der Waals surface area contributed by atoms with Crippen molar-refractivity contribution in [2.24, 2.45) is 4.99 Å². The zero-order valence-corrected chi connectivity index (χ0v) is 30.9. The standard InChI is InChI=1S/C41H47N5O7/c1-25-9-8-10-32-36(48)21-35-31(40(25)32)14-15-45(35)39(49)11-6-7-16-52-38-20-33(26(2)17-37(38)51-5)43-22-30-18-28-12-13-29(19-34(28)46(30)24-47)44-41(50)27(3)53-23-42-4/h8-10,12-13,17,19-22,24,27,30,42,48H,6-7,11,14-16,18,23H2,1-5H3,(H,44,50)/b43-22-. The number of aliphatic imine (C=N–C) groups is 1. The molecule has 0 radical (unpaired) electrons. The van der Waals surface area contributed by atoms with Crippen molar-refractivity contribution in [2.75, 3.05) is 49.2 Å². The van der Waals surface area contributed by atoms with E-state index < -0.39 is 6.10 Å². The molecule has 12 heteroatoms. The minimum Gasteiger partial charge on any atom is -0.507 e. The van der Waals surface area contributed by atoms with Crippen LogP contribution in [0.1, 0.15) is 48.4 Å². The first-order valence-electron chi connectivity index (χ1n) is 18.0. The Bertz CT molecular complexity index is 2050. The summed E-state index contributed by atoms with van der Waals surface area (Å²) in [6.45, 7) is 6.88. The molecule has 2 aliphatic heterocycles. The van der Waals surface area contributed by atoms with Gasteiger partial charge in [0.15, 0.2) is 11.5 Å². The summed E-state index contributed by atoms with van der Waals surface area (Å²) in [5.41, 5.74) is 6.82. The number of hydrogen-bond donors (Lipinski definition) is 3. The van der Waals surface area contributed by atoms with Crippen molar-refractivity contribution >= 4 is 58.0 Å². The lowest BCUT2D eigenvalue weighted by molar-refractivity contribution is -0.126. The van der Waals surface area contributed by atoms with E-state index in [1.54, 1.807) is 49.2 Å². The van der Waals surface area contributed by atoms with Crippen molar-refractivity contribution in [3.05, 3.63) is 76.9 Å². The highest BCUT2D eigenvalue weighted by atomic mass is 16.5. The molecule has 2 aliphatic rings. The van der Waals surface area contributed by atoms with Gasteiger partial charge in [0.25, 0.3) is 5.91 Å². The number of phenolic OH excluding ortho intramolecular Hbond substituents is 1. The molecule has 0 aliphatic carbocycles. The van der Waals surface area contributed by atoms with Crippen LogP contribution in [0.15, 0.2) is 59.6 Å². The maximum atomic E-state index is 13.3. The lowest BCUT2D eigenvalue weighted by Crippen LogP contribution is -2.32. The van der Waals surface area contributed by atoms with Gasteiger partial charge in [-0.2, -0.15) is 0 Å². The first-order chi connectivity index (χ1) is 25.6. The number of ether oxygens (including phenoxy) is 3. The van der Waals surface area contributed by atoms with Gasteiger partial charge < -0.3 is 34.4 Å². The first kappa shape index (κ1) is 37.3. The van der Waals surface area contributed by atoms with Crippen molar-refractivity contribution in [1.29, 1.82) is 0 Å². The van der Waals surface area contributed by atoms with Crippen LogP contribution in [0, 0.1) is 13.8 Å². The molecule has 0 bridgehead atoms. The average molecular weight is 722 g/mol. The van der Waals surface area contributed by atoms with Crippen molar-refractivity contribution in [3.63, 3.8) is 0 Å². The second kappa shape index (κ2) is 16.5. The smallest absolute Gasteiger partial charge is 0.253 e. The van der Waals surface area contributed by atoms with E-state index >= 15 is 0 Å². The zero-order chi connectivity index (χ0) is 37.6.